The summed E-state index contributed by atoms with van der Waals surface area (Å²) in [5, 5.41) is 0. The monoisotopic (exact) mass is 440 g/mol. The average molecular weight is 441 g/mol. The summed E-state index contributed by atoms with van der Waals surface area (Å²) in [5.74, 6) is 3.10. The summed E-state index contributed by atoms with van der Waals surface area (Å²) >= 11 is 0. The van der Waals surface area contributed by atoms with E-state index in [2.05, 4.69) is 31.2 Å². The van der Waals surface area contributed by atoms with Crippen LogP contribution in [0, 0.1) is 0 Å². The Hall–Kier alpha value is -3.86. The van der Waals surface area contributed by atoms with Crippen LogP contribution < -0.4 is 14.2 Å². The van der Waals surface area contributed by atoms with Crippen LogP contribution in [-0.2, 0) is 6.42 Å². The Labute approximate surface area is 195 Å². The van der Waals surface area contributed by atoms with Gasteiger partial charge >= 0.3 is 0 Å². The van der Waals surface area contributed by atoms with Crippen LogP contribution in [0.1, 0.15) is 18.9 Å². The first kappa shape index (κ1) is 22.3. The summed E-state index contributed by atoms with van der Waals surface area (Å²) in [6.07, 6.45) is 1.85. The molecule has 0 unspecified atom stereocenters. The summed E-state index contributed by atoms with van der Waals surface area (Å²) < 4.78 is 16.0. The molecule has 1 aromatic heterocycles. The van der Waals surface area contributed by atoms with E-state index in [1.54, 1.807) is 21.3 Å². The number of hydrogen-bond acceptors (Lipinski definition) is 5. The molecule has 33 heavy (non-hydrogen) atoms. The minimum atomic E-state index is 0.675. The molecule has 0 aliphatic rings. The van der Waals surface area contributed by atoms with Gasteiger partial charge < -0.3 is 14.2 Å². The van der Waals surface area contributed by atoms with Crippen molar-refractivity contribution < 1.29 is 14.2 Å². The minimum Gasteiger partial charge on any atom is -0.497 e. The Morgan fingerprint density at radius 3 is 1.24 bits per heavy atom. The number of ether oxygens (including phenoxy) is 3. The van der Waals surface area contributed by atoms with Crippen molar-refractivity contribution in [1.29, 1.82) is 0 Å². The molecule has 0 N–H and O–H groups in total. The molecular formula is C28H28N2O3. The first-order chi connectivity index (χ1) is 16.2. The molecule has 3 aromatic carbocycles. The van der Waals surface area contributed by atoms with Crippen molar-refractivity contribution in [2.24, 2.45) is 0 Å². The molecule has 5 heteroatoms. The molecule has 4 aromatic rings. The largest absolute Gasteiger partial charge is 0.497 e. The van der Waals surface area contributed by atoms with E-state index in [0.29, 0.717) is 5.82 Å². The molecule has 0 aliphatic carbocycles. The van der Waals surface area contributed by atoms with Crippen LogP contribution in [0.4, 0.5) is 0 Å². The lowest BCUT2D eigenvalue weighted by atomic mass is 9.96. The van der Waals surface area contributed by atoms with E-state index >= 15 is 0 Å². The highest BCUT2D eigenvalue weighted by Gasteiger charge is 2.18. The third-order valence-electron chi connectivity index (χ3n) is 5.58. The molecule has 168 valence electrons. The van der Waals surface area contributed by atoms with Gasteiger partial charge in [-0.1, -0.05) is 13.3 Å². The van der Waals surface area contributed by atoms with E-state index in [0.717, 1.165) is 63.7 Å². The maximum atomic E-state index is 5.36. The van der Waals surface area contributed by atoms with Gasteiger partial charge in [-0.15, -0.1) is 0 Å². The van der Waals surface area contributed by atoms with Gasteiger partial charge in [0.15, 0.2) is 5.82 Å². The van der Waals surface area contributed by atoms with Crippen LogP contribution in [-0.4, -0.2) is 31.3 Å². The molecule has 0 bridgehead atoms. The lowest BCUT2D eigenvalue weighted by Gasteiger charge is -2.16. The van der Waals surface area contributed by atoms with Crippen LogP contribution in [0.2, 0.25) is 0 Å². The smallest absolute Gasteiger partial charge is 0.160 e. The molecular weight excluding hydrogens is 412 g/mol. The molecule has 0 fully saturated rings. The van der Waals surface area contributed by atoms with Gasteiger partial charge in [0.25, 0.3) is 0 Å². The van der Waals surface area contributed by atoms with E-state index in [4.69, 9.17) is 24.2 Å². The van der Waals surface area contributed by atoms with Gasteiger partial charge in [0.2, 0.25) is 0 Å². The molecule has 0 amide bonds. The summed E-state index contributed by atoms with van der Waals surface area (Å²) in [6.45, 7) is 2.17. The fourth-order valence-electron chi connectivity index (χ4n) is 3.82. The van der Waals surface area contributed by atoms with Crippen molar-refractivity contribution >= 4 is 0 Å². The van der Waals surface area contributed by atoms with Crippen LogP contribution in [0.5, 0.6) is 17.2 Å². The van der Waals surface area contributed by atoms with Gasteiger partial charge in [0.05, 0.1) is 32.7 Å². The van der Waals surface area contributed by atoms with Crippen LogP contribution in [0.3, 0.4) is 0 Å². The van der Waals surface area contributed by atoms with Crippen molar-refractivity contribution in [2.45, 2.75) is 19.8 Å². The molecule has 0 aliphatic heterocycles. The van der Waals surface area contributed by atoms with Crippen molar-refractivity contribution in [3.8, 4) is 51.2 Å². The Morgan fingerprint density at radius 1 is 0.545 bits per heavy atom. The second-order valence-electron chi connectivity index (χ2n) is 7.66. The zero-order valence-electron chi connectivity index (χ0n) is 19.5. The highest BCUT2D eigenvalue weighted by molar-refractivity contribution is 5.77. The molecule has 0 spiro atoms. The number of aromatic nitrogens is 2. The molecule has 5 nitrogen and oxygen atoms in total. The molecule has 4 rings (SSSR count). The Morgan fingerprint density at radius 2 is 0.909 bits per heavy atom. The fraction of sp³-hybridized carbons (Fsp3) is 0.214. The van der Waals surface area contributed by atoms with Crippen molar-refractivity contribution in [2.75, 3.05) is 21.3 Å². The lowest BCUT2D eigenvalue weighted by Crippen LogP contribution is -2.03. The van der Waals surface area contributed by atoms with Gasteiger partial charge in [-0.05, 0) is 79.2 Å². The third-order valence-corrected chi connectivity index (χ3v) is 5.58. The minimum absolute atomic E-state index is 0.675. The van der Waals surface area contributed by atoms with Crippen LogP contribution in [0.25, 0.3) is 33.9 Å². The maximum absolute atomic E-state index is 5.36. The Bertz CT molecular complexity index is 1130. The summed E-state index contributed by atoms with van der Waals surface area (Å²) in [4.78, 5) is 10.1. The number of methoxy groups -OCH3 is 3. The van der Waals surface area contributed by atoms with Gasteiger partial charge in [0, 0.05) is 22.3 Å². The summed E-state index contributed by atoms with van der Waals surface area (Å²) in [7, 11) is 5.01. The molecule has 0 saturated carbocycles. The third kappa shape index (κ3) is 4.82. The number of nitrogens with zero attached hydrogens (tertiary/aromatic N) is 2. The highest BCUT2D eigenvalue weighted by Crippen LogP contribution is 2.35. The fourth-order valence-corrected chi connectivity index (χ4v) is 3.82. The standard InChI is InChI=1S/C28H28N2O3/c1-5-6-25-26(19-7-13-22(31-2)14-8-19)29-28(21-11-17-24(33-4)18-12-21)30-27(25)20-9-15-23(32-3)16-10-20/h7-18H,5-6H2,1-4H3. The lowest BCUT2D eigenvalue weighted by molar-refractivity contribution is 0.415. The number of rotatable bonds is 8. The average Bonchev–Trinajstić information content (AvgIpc) is 2.89. The predicted molar refractivity (Wildman–Crippen MR) is 132 cm³/mol. The normalized spacial score (nSPS) is 10.7. The summed E-state index contributed by atoms with van der Waals surface area (Å²) in [5.41, 5.74) is 6.00. The number of hydrogen-bond donors (Lipinski definition) is 0. The second kappa shape index (κ2) is 10.2. The van der Waals surface area contributed by atoms with E-state index in [1.165, 1.54) is 0 Å². The Balaban J connectivity index is 1.94. The first-order valence-electron chi connectivity index (χ1n) is 11.0. The topological polar surface area (TPSA) is 53.5 Å². The predicted octanol–water partition coefficient (Wildman–Crippen LogP) is 6.46. The maximum Gasteiger partial charge on any atom is 0.160 e. The van der Waals surface area contributed by atoms with Gasteiger partial charge in [-0.3, -0.25) is 0 Å². The van der Waals surface area contributed by atoms with Gasteiger partial charge in [0.1, 0.15) is 17.2 Å². The molecule has 1 heterocycles. The van der Waals surface area contributed by atoms with Crippen molar-refractivity contribution in [3.63, 3.8) is 0 Å². The van der Waals surface area contributed by atoms with E-state index in [1.807, 2.05) is 48.5 Å². The quantitative estimate of drug-likeness (QED) is 0.315. The first-order valence-corrected chi connectivity index (χ1v) is 11.0. The van der Waals surface area contributed by atoms with Crippen molar-refractivity contribution in [3.05, 3.63) is 78.4 Å². The van der Waals surface area contributed by atoms with Crippen LogP contribution in [0.15, 0.2) is 72.8 Å². The zero-order valence-corrected chi connectivity index (χ0v) is 19.5. The summed E-state index contributed by atoms with van der Waals surface area (Å²) in [6, 6.07) is 23.9. The van der Waals surface area contributed by atoms with Crippen LogP contribution >= 0.6 is 0 Å². The zero-order chi connectivity index (χ0) is 23.2. The molecule has 0 radical (unpaired) electrons. The SMILES string of the molecule is CCCc1c(-c2ccc(OC)cc2)nc(-c2ccc(OC)cc2)nc1-c1ccc(OC)cc1. The second-order valence-corrected chi connectivity index (χ2v) is 7.66. The van der Waals surface area contributed by atoms with Gasteiger partial charge in [-0.2, -0.15) is 0 Å². The number of benzene rings is 3. The molecule has 0 atom stereocenters. The van der Waals surface area contributed by atoms with E-state index in [-0.39, 0.29) is 0 Å². The van der Waals surface area contributed by atoms with Crippen molar-refractivity contribution in [1.82, 2.24) is 9.97 Å². The van der Waals surface area contributed by atoms with E-state index in [9.17, 15) is 0 Å². The van der Waals surface area contributed by atoms with Gasteiger partial charge in [-0.25, -0.2) is 9.97 Å². The van der Waals surface area contributed by atoms with E-state index < -0.39 is 0 Å². The molecule has 0 saturated heterocycles. The highest BCUT2D eigenvalue weighted by atomic mass is 16.5. The Kier molecular flexibility index (Phi) is 6.89.